The van der Waals surface area contributed by atoms with E-state index in [2.05, 4.69) is 17.6 Å². The fourth-order valence-electron chi connectivity index (χ4n) is 2.58. The zero-order chi connectivity index (χ0) is 14.5. The van der Waals surface area contributed by atoms with Crippen LogP contribution in [0.3, 0.4) is 0 Å². The van der Waals surface area contributed by atoms with Gasteiger partial charge in [-0.05, 0) is 44.5 Å². The first-order valence-electron chi connectivity index (χ1n) is 6.93. The van der Waals surface area contributed by atoms with Gasteiger partial charge in [0.2, 0.25) is 5.91 Å². The van der Waals surface area contributed by atoms with E-state index in [-0.39, 0.29) is 11.8 Å². The maximum absolute atomic E-state index is 12.2. The van der Waals surface area contributed by atoms with Crippen molar-refractivity contribution in [2.45, 2.75) is 32.4 Å². The lowest BCUT2D eigenvalue weighted by molar-refractivity contribution is -0.126. The lowest BCUT2D eigenvalue weighted by Gasteiger charge is -2.27. The molecule has 2 atom stereocenters. The topological polar surface area (TPSA) is 50.4 Å². The molecule has 1 fully saturated rings. The molecule has 1 aromatic carbocycles. The number of piperidine rings is 1. The molecule has 0 saturated carbocycles. The Morgan fingerprint density at radius 1 is 1.55 bits per heavy atom. The number of carbonyl (C=O) groups excluding carboxylic acids is 1. The van der Waals surface area contributed by atoms with Crippen molar-refractivity contribution < 1.29 is 9.53 Å². The summed E-state index contributed by atoms with van der Waals surface area (Å²) in [7, 11) is 1.61. The molecular formula is C15H21ClN2O2. The summed E-state index contributed by atoms with van der Waals surface area (Å²) in [6, 6.07) is 5.82. The van der Waals surface area contributed by atoms with Crippen LogP contribution in [0.4, 0.5) is 0 Å². The lowest BCUT2D eigenvalue weighted by atomic mass is 9.92. The third kappa shape index (κ3) is 3.87. The highest BCUT2D eigenvalue weighted by Gasteiger charge is 2.24. The van der Waals surface area contributed by atoms with Crippen molar-refractivity contribution in [3.63, 3.8) is 0 Å². The van der Waals surface area contributed by atoms with E-state index in [0.29, 0.717) is 17.6 Å². The van der Waals surface area contributed by atoms with Crippen LogP contribution in [0.2, 0.25) is 5.02 Å². The van der Waals surface area contributed by atoms with Crippen LogP contribution in [0.25, 0.3) is 0 Å². The Balaban J connectivity index is 1.94. The molecule has 4 nitrogen and oxygen atoms in total. The van der Waals surface area contributed by atoms with Crippen LogP contribution in [-0.4, -0.2) is 25.6 Å². The van der Waals surface area contributed by atoms with Crippen molar-refractivity contribution in [1.82, 2.24) is 10.6 Å². The van der Waals surface area contributed by atoms with Crippen molar-refractivity contribution >= 4 is 17.5 Å². The summed E-state index contributed by atoms with van der Waals surface area (Å²) in [6.07, 6.45) is 1.78. The predicted molar refractivity (Wildman–Crippen MR) is 80.0 cm³/mol. The van der Waals surface area contributed by atoms with Crippen molar-refractivity contribution in [2.75, 3.05) is 13.7 Å². The fourth-order valence-corrected chi connectivity index (χ4v) is 2.78. The summed E-state index contributed by atoms with van der Waals surface area (Å²) in [6.45, 7) is 3.46. The third-order valence-electron chi connectivity index (χ3n) is 3.69. The van der Waals surface area contributed by atoms with E-state index in [1.54, 1.807) is 13.2 Å². The number of amides is 1. The highest BCUT2D eigenvalue weighted by Crippen LogP contribution is 2.23. The predicted octanol–water partition coefficient (Wildman–Crippen LogP) is 2.35. The molecule has 20 heavy (non-hydrogen) atoms. The zero-order valence-electron chi connectivity index (χ0n) is 11.9. The normalized spacial score (nSPS) is 22.4. The van der Waals surface area contributed by atoms with Gasteiger partial charge in [-0.25, -0.2) is 0 Å². The molecule has 1 saturated heterocycles. The second-order valence-electron chi connectivity index (χ2n) is 5.25. The molecule has 5 heteroatoms. The van der Waals surface area contributed by atoms with E-state index < -0.39 is 0 Å². The van der Waals surface area contributed by atoms with Crippen molar-refractivity contribution in [1.29, 1.82) is 0 Å². The van der Waals surface area contributed by atoms with E-state index in [1.165, 1.54) is 0 Å². The Morgan fingerprint density at radius 3 is 3.05 bits per heavy atom. The Morgan fingerprint density at radius 2 is 2.35 bits per heavy atom. The van der Waals surface area contributed by atoms with Crippen LogP contribution in [0, 0.1) is 5.92 Å². The van der Waals surface area contributed by atoms with Gasteiger partial charge in [0.25, 0.3) is 0 Å². The van der Waals surface area contributed by atoms with E-state index >= 15 is 0 Å². The SMILES string of the molecule is COc1ccc(Cl)cc1CNC(=O)[C@H]1CCN[C@@H](C)C1. The summed E-state index contributed by atoms with van der Waals surface area (Å²) in [4.78, 5) is 12.2. The summed E-state index contributed by atoms with van der Waals surface area (Å²) in [5.74, 6) is 0.949. The minimum atomic E-state index is 0.0939. The van der Waals surface area contributed by atoms with E-state index in [1.807, 2.05) is 12.1 Å². The van der Waals surface area contributed by atoms with Crippen LogP contribution in [0.5, 0.6) is 5.75 Å². The number of hydrogen-bond acceptors (Lipinski definition) is 3. The van der Waals surface area contributed by atoms with Crippen molar-refractivity contribution in [2.24, 2.45) is 5.92 Å². The van der Waals surface area contributed by atoms with Crippen molar-refractivity contribution in [3.8, 4) is 5.75 Å². The fraction of sp³-hybridized carbons (Fsp3) is 0.533. The number of ether oxygens (including phenoxy) is 1. The summed E-state index contributed by atoms with van der Waals surface area (Å²) in [5, 5.41) is 6.98. The van der Waals surface area contributed by atoms with Gasteiger partial charge < -0.3 is 15.4 Å². The maximum Gasteiger partial charge on any atom is 0.223 e. The second-order valence-corrected chi connectivity index (χ2v) is 5.69. The number of halogens is 1. The van der Waals surface area contributed by atoms with Crippen molar-refractivity contribution in [3.05, 3.63) is 28.8 Å². The molecule has 0 unspecified atom stereocenters. The number of methoxy groups -OCH3 is 1. The molecule has 2 rings (SSSR count). The quantitative estimate of drug-likeness (QED) is 0.897. The smallest absolute Gasteiger partial charge is 0.223 e. The summed E-state index contributed by atoms with van der Waals surface area (Å²) < 4.78 is 5.28. The molecule has 110 valence electrons. The van der Waals surface area contributed by atoms with Gasteiger partial charge in [0.15, 0.2) is 0 Å². The Labute approximate surface area is 124 Å². The molecule has 1 aliphatic heterocycles. The number of hydrogen-bond donors (Lipinski definition) is 2. The molecule has 1 aromatic rings. The second kappa shape index (κ2) is 6.95. The van der Waals surface area contributed by atoms with Crippen LogP contribution in [0.15, 0.2) is 18.2 Å². The number of benzene rings is 1. The molecule has 0 spiro atoms. The first kappa shape index (κ1) is 15.1. The molecule has 1 heterocycles. The highest BCUT2D eigenvalue weighted by molar-refractivity contribution is 6.30. The molecule has 1 amide bonds. The number of nitrogens with one attached hydrogen (secondary N) is 2. The van der Waals surface area contributed by atoms with Gasteiger partial charge in [0, 0.05) is 29.1 Å². The largest absolute Gasteiger partial charge is 0.496 e. The molecule has 0 radical (unpaired) electrons. The number of carbonyl (C=O) groups is 1. The first-order chi connectivity index (χ1) is 9.60. The highest BCUT2D eigenvalue weighted by atomic mass is 35.5. The van der Waals surface area contributed by atoms with Crippen LogP contribution < -0.4 is 15.4 Å². The standard InChI is InChI=1S/C15H21ClN2O2/c1-10-7-11(5-6-17-10)15(19)18-9-12-8-13(16)3-4-14(12)20-2/h3-4,8,10-11,17H,5-7,9H2,1-2H3,(H,18,19)/t10-,11-/m0/s1. The zero-order valence-corrected chi connectivity index (χ0v) is 12.7. The average molecular weight is 297 g/mol. The van der Waals surface area contributed by atoms with Gasteiger partial charge in [-0.15, -0.1) is 0 Å². The molecule has 0 bridgehead atoms. The van der Waals surface area contributed by atoms with Crippen LogP contribution in [-0.2, 0) is 11.3 Å². The molecule has 2 N–H and O–H groups in total. The summed E-state index contributed by atoms with van der Waals surface area (Å²) in [5.41, 5.74) is 0.898. The van der Waals surface area contributed by atoms with Crippen LogP contribution in [0.1, 0.15) is 25.3 Å². The molecular weight excluding hydrogens is 276 g/mol. The van der Waals surface area contributed by atoms with E-state index in [4.69, 9.17) is 16.3 Å². The third-order valence-corrected chi connectivity index (χ3v) is 3.93. The van der Waals surface area contributed by atoms with Gasteiger partial charge in [-0.1, -0.05) is 11.6 Å². The minimum Gasteiger partial charge on any atom is -0.496 e. The van der Waals surface area contributed by atoms with Crippen LogP contribution >= 0.6 is 11.6 Å². The van der Waals surface area contributed by atoms with Gasteiger partial charge in [0.05, 0.1) is 7.11 Å². The van der Waals surface area contributed by atoms with E-state index in [0.717, 1.165) is 30.7 Å². The van der Waals surface area contributed by atoms with Gasteiger partial charge in [-0.2, -0.15) is 0 Å². The molecule has 0 aliphatic carbocycles. The van der Waals surface area contributed by atoms with Gasteiger partial charge >= 0.3 is 0 Å². The molecule has 1 aliphatic rings. The Kier molecular flexibility index (Phi) is 5.26. The lowest BCUT2D eigenvalue weighted by Crippen LogP contribution is -2.42. The Hall–Kier alpha value is -1.26. The minimum absolute atomic E-state index is 0.0939. The Bertz CT molecular complexity index is 479. The summed E-state index contributed by atoms with van der Waals surface area (Å²) >= 11 is 5.98. The van der Waals surface area contributed by atoms with Gasteiger partial charge in [-0.3, -0.25) is 4.79 Å². The van der Waals surface area contributed by atoms with Gasteiger partial charge in [0.1, 0.15) is 5.75 Å². The number of rotatable bonds is 4. The molecule has 0 aromatic heterocycles. The van der Waals surface area contributed by atoms with E-state index in [9.17, 15) is 4.79 Å². The monoisotopic (exact) mass is 296 g/mol. The first-order valence-corrected chi connectivity index (χ1v) is 7.31. The average Bonchev–Trinajstić information content (AvgIpc) is 2.45. The maximum atomic E-state index is 12.2.